The molecule has 0 fully saturated rings. The summed E-state index contributed by atoms with van der Waals surface area (Å²) in [6.45, 7) is 0.195. The van der Waals surface area contributed by atoms with Crippen LogP contribution in [0.25, 0.3) is 0 Å². The Kier molecular flexibility index (Phi) is 4.68. The largest absolute Gasteiger partial charge is 0.389 e. The molecule has 1 aromatic rings. The summed E-state index contributed by atoms with van der Waals surface area (Å²) in [6, 6.07) is 3.34. The third kappa shape index (κ3) is 4.99. The number of hydrogen-bond acceptors (Lipinski definition) is 3. The molecule has 17 heavy (non-hydrogen) atoms. The maximum absolute atomic E-state index is 11.9. The Balaban J connectivity index is 2.49. The summed E-state index contributed by atoms with van der Waals surface area (Å²) >= 11 is 4.78. The molecule has 0 atom stereocenters. The van der Waals surface area contributed by atoms with Gasteiger partial charge >= 0.3 is 6.18 Å². The number of nitrogens with two attached hydrogens (primary N) is 1. The number of anilines is 1. The van der Waals surface area contributed by atoms with Gasteiger partial charge in [0.05, 0.1) is 5.69 Å². The highest BCUT2D eigenvalue weighted by Crippen LogP contribution is 2.21. The van der Waals surface area contributed by atoms with Crippen LogP contribution in [0.4, 0.5) is 18.9 Å². The minimum absolute atomic E-state index is 0.00479. The van der Waals surface area contributed by atoms with E-state index in [-0.39, 0.29) is 18.0 Å². The Hall–Kier alpha value is -1.37. The van der Waals surface area contributed by atoms with Gasteiger partial charge < -0.3 is 11.1 Å². The Morgan fingerprint density at radius 1 is 1.47 bits per heavy atom. The zero-order valence-electron chi connectivity index (χ0n) is 8.92. The molecule has 0 amide bonds. The Morgan fingerprint density at radius 3 is 2.76 bits per heavy atom. The lowest BCUT2D eigenvalue weighted by Crippen LogP contribution is -2.16. The average Bonchev–Trinajstić information content (AvgIpc) is 2.23. The van der Waals surface area contributed by atoms with E-state index in [1.807, 2.05) is 0 Å². The number of nitrogens with zero attached hydrogens (tertiary/aromatic N) is 1. The highest BCUT2D eigenvalue weighted by Gasteiger charge is 2.25. The fraction of sp³-hybridized carbons (Fsp3) is 0.400. The first-order chi connectivity index (χ1) is 7.90. The van der Waals surface area contributed by atoms with Crippen LogP contribution in [0, 0.1) is 0 Å². The second-order valence-electron chi connectivity index (χ2n) is 3.41. The third-order valence-electron chi connectivity index (χ3n) is 1.99. The molecule has 94 valence electrons. The van der Waals surface area contributed by atoms with Gasteiger partial charge in [-0.1, -0.05) is 12.2 Å². The van der Waals surface area contributed by atoms with E-state index in [0.717, 1.165) is 0 Å². The molecule has 0 radical (unpaired) electrons. The van der Waals surface area contributed by atoms with Crippen LogP contribution >= 0.6 is 12.2 Å². The molecule has 0 spiro atoms. The number of hydrogen-bond donors (Lipinski definition) is 2. The van der Waals surface area contributed by atoms with Crippen LogP contribution < -0.4 is 11.1 Å². The first kappa shape index (κ1) is 13.7. The molecule has 0 aliphatic rings. The molecule has 7 heteroatoms. The standard InChI is InChI=1S/C10H12F3N3S/c11-10(12,13)4-2-6-15-7-3-1-5-16-8(7)9(14)17/h1,3,5,15H,2,4,6H2,(H2,14,17). The number of thiocarbonyl (C=S) groups is 1. The van der Waals surface area contributed by atoms with Crippen molar-refractivity contribution in [1.82, 2.24) is 4.98 Å². The maximum atomic E-state index is 11.9. The van der Waals surface area contributed by atoms with Crippen LogP contribution in [0.2, 0.25) is 0 Å². The Labute approximate surface area is 102 Å². The summed E-state index contributed by atoms with van der Waals surface area (Å²) in [6.07, 6.45) is -3.42. The molecule has 1 heterocycles. The van der Waals surface area contributed by atoms with Crippen molar-refractivity contribution in [3.05, 3.63) is 24.0 Å². The van der Waals surface area contributed by atoms with Crippen molar-refractivity contribution in [2.24, 2.45) is 5.73 Å². The number of alkyl halides is 3. The van der Waals surface area contributed by atoms with Crippen molar-refractivity contribution in [3.63, 3.8) is 0 Å². The molecular formula is C10H12F3N3S. The zero-order valence-corrected chi connectivity index (χ0v) is 9.74. The predicted molar refractivity (Wildman–Crippen MR) is 63.9 cm³/mol. The van der Waals surface area contributed by atoms with Gasteiger partial charge in [-0.15, -0.1) is 0 Å². The molecule has 1 rings (SSSR count). The topological polar surface area (TPSA) is 50.9 Å². The fourth-order valence-electron chi connectivity index (χ4n) is 1.26. The fourth-order valence-corrected chi connectivity index (χ4v) is 1.42. The van der Waals surface area contributed by atoms with Gasteiger partial charge in [-0.05, 0) is 18.6 Å². The molecule has 0 saturated heterocycles. The number of aromatic nitrogens is 1. The monoisotopic (exact) mass is 263 g/mol. The Morgan fingerprint density at radius 2 is 2.18 bits per heavy atom. The lowest BCUT2D eigenvalue weighted by molar-refractivity contribution is -0.134. The van der Waals surface area contributed by atoms with Gasteiger partial charge in [-0.2, -0.15) is 13.2 Å². The first-order valence-electron chi connectivity index (χ1n) is 4.95. The summed E-state index contributed by atoms with van der Waals surface area (Å²) in [5.74, 6) is 0. The molecule has 0 aromatic carbocycles. The molecule has 0 aliphatic carbocycles. The molecule has 1 aromatic heterocycles. The van der Waals surface area contributed by atoms with Crippen LogP contribution in [0.1, 0.15) is 18.5 Å². The van der Waals surface area contributed by atoms with Gasteiger partial charge in [0.1, 0.15) is 10.7 Å². The van der Waals surface area contributed by atoms with Crippen LogP contribution in [0.15, 0.2) is 18.3 Å². The molecule has 3 nitrogen and oxygen atoms in total. The van der Waals surface area contributed by atoms with E-state index >= 15 is 0 Å². The number of nitrogens with one attached hydrogen (secondary N) is 1. The van der Waals surface area contributed by atoms with Crippen molar-refractivity contribution in [2.45, 2.75) is 19.0 Å². The number of pyridine rings is 1. The zero-order chi connectivity index (χ0) is 12.9. The van der Waals surface area contributed by atoms with Gasteiger partial charge in [-0.3, -0.25) is 4.98 Å². The smallest absolute Gasteiger partial charge is 0.388 e. The van der Waals surface area contributed by atoms with Crippen LogP contribution in [0.3, 0.4) is 0 Å². The summed E-state index contributed by atoms with van der Waals surface area (Å²) in [5, 5.41) is 2.84. The highest BCUT2D eigenvalue weighted by atomic mass is 32.1. The minimum atomic E-state index is -4.12. The quantitative estimate of drug-likeness (QED) is 0.633. The molecule has 0 bridgehead atoms. The number of rotatable bonds is 5. The lowest BCUT2D eigenvalue weighted by Gasteiger charge is -2.10. The SMILES string of the molecule is NC(=S)c1ncccc1NCCCC(F)(F)F. The Bertz CT molecular complexity index is 393. The van der Waals surface area contributed by atoms with Crippen molar-refractivity contribution in [2.75, 3.05) is 11.9 Å². The molecular weight excluding hydrogens is 251 g/mol. The second kappa shape index (κ2) is 5.81. The summed E-state index contributed by atoms with van der Waals surface area (Å²) in [4.78, 5) is 4.07. The molecule has 0 aliphatic heterocycles. The van der Waals surface area contributed by atoms with Gasteiger partial charge in [-0.25, -0.2) is 0 Å². The van der Waals surface area contributed by atoms with Crippen LogP contribution in [0.5, 0.6) is 0 Å². The summed E-state index contributed by atoms with van der Waals surface area (Å²) < 4.78 is 35.7. The second-order valence-corrected chi connectivity index (χ2v) is 3.85. The van der Waals surface area contributed by atoms with E-state index in [9.17, 15) is 13.2 Å². The van der Waals surface area contributed by atoms with Crippen LogP contribution in [-0.4, -0.2) is 22.7 Å². The highest BCUT2D eigenvalue weighted by molar-refractivity contribution is 7.80. The van der Waals surface area contributed by atoms with Gasteiger partial charge in [0.15, 0.2) is 0 Å². The van der Waals surface area contributed by atoms with Gasteiger partial charge in [0, 0.05) is 19.2 Å². The van der Waals surface area contributed by atoms with Gasteiger partial charge in [0.2, 0.25) is 0 Å². The predicted octanol–water partition coefficient (Wildman–Crippen LogP) is 2.47. The van der Waals surface area contributed by atoms with E-state index in [2.05, 4.69) is 10.3 Å². The lowest BCUT2D eigenvalue weighted by atomic mass is 10.2. The average molecular weight is 263 g/mol. The number of halogens is 3. The maximum Gasteiger partial charge on any atom is 0.389 e. The normalized spacial score (nSPS) is 11.2. The molecule has 0 unspecified atom stereocenters. The summed E-state index contributed by atoms with van der Waals surface area (Å²) in [7, 11) is 0. The van der Waals surface area contributed by atoms with E-state index in [1.54, 1.807) is 12.1 Å². The van der Waals surface area contributed by atoms with Crippen molar-refractivity contribution in [1.29, 1.82) is 0 Å². The minimum Gasteiger partial charge on any atom is -0.388 e. The summed E-state index contributed by atoms with van der Waals surface area (Å²) in [5.41, 5.74) is 6.39. The van der Waals surface area contributed by atoms with Crippen molar-refractivity contribution < 1.29 is 13.2 Å². The first-order valence-corrected chi connectivity index (χ1v) is 5.36. The third-order valence-corrected chi connectivity index (χ3v) is 2.19. The molecule has 3 N–H and O–H groups in total. The van der Waals surface area contributed by atoms with E-state index in [4.69, 9.17) is 18.0 Å². The van der Waals surface area contributed by atoms with Crippen molar-refractivity contribution in [3.8, 4) is 0 Å². The van der Waals surface area contributed by atoms with E-state index in [1.165, 1.54) is 6.20 Å². The van der Waals surface area contributed by atoms with E-state index in [0.29, 0.717) is 11.4 Å². The van der Waals surface area contributed by atoms with E-state index < -0.39 is 12.6 Å². The van der Waals surface area contributed by atoms with Crippen LogP contribution in [-0.2, 0) is 0 Å². The molecule has 0 saturated carbocycles. The van der Waals surface area contributed by atoms with Gasteiger partial charge in [0.25, 0.3) is 0 Å². The van der Waals surface area contributed by atoms with Crippen molar-refractivity contribution >= 4 is 22.9 Å².